The molecule has 0 aliphatic heterocycles. The van der Waals surface area contributed by atoms with Crippen molar-refractivity contribution < 1.29 is 14.6 Å². The number of carboxylic acids is 1. The van der Waals surface area contributed by atoms with Crippen molar-refractivity contribution in [1.82, 2.24) is 9.97 Å². The zero-order valence-electron chi connectivity index (χ0n) is 10.7. The summed E-state index contributed by atoms with van der Waals surface area (Å²) >= 11 is 0. The lowest BCUT2D eigenvalue weighted by atomic mass is 9.88. The van der Waals surface area contributed by atoms with Crippen LogP contribution in [0.25, 0.3) is 0 Å². The maximum absolute atomic E-state index is 10.9. The summed E-state index contributed by atoms with van der Waals surface area (Å²) in [5.41, 5.74) is 0.599. The van der Waals surface area contributed by atoms with Crippen LogP contribution in [0.5, 0.6) is 6.01 Å². The molecule has 0 aromatic carbocycles. The number of carbonyl (C=O) groups is 1. The van der Waals surface area contributed by atoms with E-state index in [0.717, 1.165) is 19.3 Å². The van der Waals surface area contributed by atoms with E-state index in [1.165, 1.54) is 12.5 Å². The van der Waals surface area contributed by atoms with Crippen LogP contribution in [0.1, 0.15) is 48.8 Å². The van der Waals surface area contributed by atoms with Crippen molar-refractivity contribution in [2.45, 2.75) is 45.6 Å². The molecular weight excluding hydrogens is 232 g/mol. The second-order valence-electron chi connectivity index (χ2n) is 4.90. The highest BCUT2D eigenvalue weighted by Gasteiger charge is 2.24. The van der Waals surface area contributed by atoms with Gasteiger partial charge in [-0.1, -0.05) is 13.3 Å². The first-order valence-electron chi connectivity index (χ1n) is 6.32. The molecule has 1 aliphatic carbocycles. The molecule has 1 fully saturated rings. The molecule has 0 spiro atoms. The van der Waals surface area contributed by atoms with E-state index in [2.05, 4.69) is 16.9 Å². The first-order valence-corrected chi connectivity index (χ1v) is 6.32. The van der Waals surface area contributed by atoms with Crippen LogP contribution >= 0.6 is 0 Å². The average molecular weight is 250 g/mol. The summed E-state index contributed by atoms with van der Waals surface area (Å²) in [5.74, 6) is -0.585. The van der Waals surface area contributed by atoms with Gasteiger partial charge in [0.15, 0.2) is 5.69 Å². The Morgan fingerprint density at radius 1 is 1.39 bits per heavy atom. The second-order valence-corrected chi connectivity index (χ2v) is 4.90. The van der Waals surface area contributed by atoms with Gasteiger partial charge in [0.05, 0.1) is 0 Å². The maximum Gasteiger partial charge on any atom is 0.354 e. The van der Waals surface area contributed by atoms with Crippen LogP contribution in [0, 0.1) is 12.8 Å². The van der Waals surface area contributed by atoms with E-state index >= 15 is 0 Å². The van der Waals surface area contributed by atoms with Crippen LogP contribution in [0.4, 0.5) is 0 Å². The Bertz CT molecular complexity index is 448. The highest BCUT2D eigenvalue weighted by molar-refractivity contribution is 5.85. The molecule has 0 saturated heterocycles. The standard InChI is InChI=1S/C13H18N2O3/c1-8-5-3-4-6-11(8)18-13-14-9(2)7-10(15-13)12(16)17/h7-8,11H,3-6H2,1-2H3,(H,16,17). The molecule has 2 atom stereocenters. The van der Waals surface area contributed by atoms with Crippen LogP contribution in [0.3, 0.4) is 0 Å². The minimum Gasteiger partial charge on any atom is -0.477 e. The fourth-order valence-corrected chi connectivity index (χ4v) is 2.30. The summed E-state index contributed by atoms with van der Waals surface area (Å²) in [6.07, 6.45) is 4.61. The van der Waals surface area contributed by atoms with Gasteiger partial charge in [-0.3, -0.25) is 0 Å². The molecule has 1 aromatic rings. The highest BCUT2D eigenvalue weighted by Crippen LogP contribution is 2.26. The summed E-state index contributed by atoms with van der Waals surface area (Å²) < 4.78 is 5.75. The normalized spacial score (nSPS) is 23.7. The van der Waals surface area contributed by atoms with E-state index in [9.17, 15) is 4.79 Å². The van der Waals surface area contributed by atoms with Gasteiger partial charge in [0.1, 0.15) is 6.10 Å². The van der Waals surface area contributed by atoms with Gasteiger partial charge < -0.3 is 9.84 Å². The summed E-state index contributed by atoms with van der Waals surface area (Å²) in [4.78, 5) is 19.0. The topological polar surface area (TPSA) is 72.3 Å². The molecule has 2 unspecified atom stereocenters. The van der Waals surface area contributed by atoms with Crippen LogP contribution in [0.2, 0.25) is 0 Å². The second kappa shape index (κ2) is 5.33. The molecule has 5 nitrogen and oxygen atoms in total. The maximum atomic E-state index is 10.9. The molecule has 1 aromatic heterocycles. The van der Waals surface area contributed by atoms with Crippen molar-refractivity contribution in [1.29, 1.82) is 0 Å². The zero-order valence-corrected chi connectivity index (χ0v) is 10.7. The lowest BCUT2D eigenvalue weighted by Crippen LogP contribution is -2.29. The molecule has 0 bridgehead atoms. The van der Waals surface area contributed by atoms with Crippen LogP contribution < -0.4 is 4.74 Å². The van der Waals surface area contributed by atoms with Crippen molar-refractivity contribution in [2.75, 3.05) is 0 Å². The van der Waals surface area contributed by atoms with E-state index in [0.29, 0.717) is 11.6 Å². The first kappa shape index (κ1) is 12.8. The Hall–Kier alpha value is -1.65. The Balaban J connectivity index is 2.15. The number of ether oxygens (including phenoxy) is 1. The summed E-state index contributed by atoms with van der Waals surface area (Å²) in [5, 5.41) is 8.95. The number of aryl methyl sites for hydroxylation is 1. The Kier molecular flexibility index (Phi) is 3.79. The Labute approximate surface area is 106 Å². The molecule has 2 rings (SSSR count). The fraction of sp³-hybridized carbons (Fsp3) is 0.615. The molecule has 18 heavy (non-hydrogen) atoms. The van der Waals surface area contributed by atoms with E-state index in [1.807, 2.05) is 0 Å². The largest absolute Gasteiger partial charge is 0.477 e. The molecule has 1 N–H and O–H groups in total. The van der Waals surface area contributed by atoms with Gasteiger partial charge in [0, 0.05) is 5.69 Å². The third-order valence-electron chi connectivity index (χ3n) is 3.34. The molecule has 0 radical (unpaired) electrons. The van der Waals surface area contributed by atoms with Crippen LogP contribution in [-0.4, -0.2) is 27.1 Å². The minimum atomic E-state index is -1.05. The summed E-state index contributed by atoms with van der Waals surface area (Å²) in [6, 6.07) is 1.63. The van der Waals surface area contributed by atoms with Gasteiger partial charge in [0.25, 0.3) is 0 Å². The summed E-state index contributed by atoms with van der Waals surface area (Å²) in [6.45, 7) is 3.89. The lowest BCUT2D eigenvalue weighted by molar-refractivity contribution is 0.0679. The lowest BCUT2D eigenvalue weighted by Gasteiger charge is -2.28. The van der Waals surface area contributed by atoms with Crippen molar-refractivity contribution in [3.8, 4) is 6.01 Å². The first-order chi connectivity index (χ1) is 8.56. The van der Waals surface area contributed by atoms with Crippen molar-refractivity contribution in [2.24, 2.45) is 5.92 Å². The highest BCUT2D eigenvalue weighted by atomic mass is 16.5. The van der Waals surface area contributed by atoms with Crippen LogP contribution in [-0.2, 0) is 0 Å². The van der Waals surface area contributed by atoms with E-state index in [1.54, 1.807) is 6.92 Å². The van der Waals surface area contributed by atoms with Crippen molar-refractivity contribution in [3.05, 3.63) is 17.5 Å². The van der Waals surface area contributed by atoms with Gasteiger partial charge in [0.2, 0.25) is 0 Å². The molecule has 1 heterocycles. The zero-order chi connectivity index (χ0) is 13.1. The van der Waals surface area contributed by atoms with Crippen molar-refractivity contribution in [3.63, 3.8) is 0 Å². The quantitative estimate of drug-likeness (QED) is 0.892. The number of aromatic nitrogens is 2. The minimum absolute atomic E-state index is 0.0130. The number of hydrogen-bond donors (Lipinski definition) is 1. The van der Waals surface area contributed by atoms with Gasteiger partial charge in [-0.25, -0.2) is 9.78 Å². The third-order valence-corrected chi connectivity index (χ3v) is 3.34. The smallest absolute Gasteiger partial charge is 0.354 e. The molecule has 98 valence electrons. The molecule has 5 heteroatoms. The van der Waals surface area contributed by atoms with E-state index in [4.69, 9.17) is 9.84 Å². The molecule has 1 saturated carbocycles. The predicted octanol–water partition coefficient (Wildman–Crippen LogP) is 2.44. The molecule has 0 amide bonds. The monoisotopic (exact) mass is 250 g/mol. The van der Waals surface area contributed by atoms with Gasteiger partial charge in [-0.2, -0.15) is 4.98 Å². The summed E-state index contributed by atoms with van der Waals surface area (Å²) in [7, 11) is 0. The number of hydrogen-bond acceptors (Lipinski definition) is 4. The average Bonchev–Trinajstić information content (AvgIpc) is 2.31. The third kappa shape index (κ3) is 2.97. The molecule has 1 aliphatic rings. The SMILES string of the molecule is Cc1cc(C(=O)O)nc(OC2CCCCC2C)n1. The van der Waals surface area contributed by atoms with E-state index in [-0.39, 0.29) is 17.8 Å². The number of rotatable bonds is 3. The number of aromatic carboxylic acids is 1. The van der Waals surface area contributed by atoms with E-state index < -0.39 is 5.97 Å². The van der Waals surface area contributed by atoms with Gasteiger partial charge in [-0.15, -0.1) is 0 Å². The van der Waals surface area contributed by atoms with Gasteiger partial charge >= 0.3 is 12.0 Å². The van der Waals surface area contributed by atoms with Crippen LogP contribution in [0.15, 0.2) is 6.07 Å². The predicted molar refractivity (Wildman–Crippen MR) is 65.8 cm³/mol. The Morgan fingerprint density at radius 3 is 2.78 bits per heavy atom. The number of nitrogens with zero attached hydrogens (tertiary/aromatic N) is 2. The Morgan fingerprint density at radius 2 is 2.11 bits per heavy atom. The molecular formula is C13H18N2O3. The number of carboxylic acid groups (broad SMARTS) is 1. The fourth-order valence-electron chi connectivity index (χ4n) is 2.30. The van der Waals surface area contributed by atoms with Gasteiger partial charge in [-0.05, 0) is 38.2 Å². The van der Waals surface area contributed by atoms with Crippen molar-refractivity contribution >= 4 is 5.97 Å².